The van der Waals surface area contributed by atoms with Crippen LogP contribution in [0.1, 0.15) is 30.3 Å². The Morgan fingerprint density at radius 1 is 1.50 bits per heavy atom. The fourth-order valence-electron chi connectivity index (χ4n) is 1.70. The summed E-state index contributed by atoms with van der Waals surface area (Å²) < 4.78 is 1.60. The lowest BCUT2D eigenvalue weighted by molar-refractivity contribution is -0.139. The van der Waals surface area contributed by atoms with Gasteiger partial charge in [0.15, 0.2) is 0 Å². The van der Waals surface area contributed by atoms with Crippen LogP contribution in [0.3, 0.4) is 0 Å². The molecule has 1 rings (SSSR count). The number of carboxylic acids is 1. The maximum Gasteiger partial charge on any atom is 0.326 e. The number of aryl methyl sites for hydroxylation is 1. The fraction of sp³-hybridized carbons (Fsp3) is 0.417. The Morgan fingerprint density at radius 3 is 2.65 bits per heavy atom. The highest BCUT2D eigenvalue weighted by Crippen LogP contribution is 2.14. The van der Waals surface area contributed by atoms with E-state index in [0.29, 0.717) is 11.6 Å². The molecule has 0 aliphatic carbocycles. The first-order valence-electron chi connectivity index (χ1n) is 6.02. The van der Waals surface area contributed by atoms with Gasteiger partial charge in [0, 0.05) is 19.2 Å². The van der Waals surface area contributed by atoms with Crippen LogP contribution in [0.5, 0.6) is 0 Å². The predicted octanol–water partition coefficient (Wildman–Crippen LogP) is 0.610. The molecule has 7 nitrogen and oxygen atoms in total. The molecule has 2 amide bonds. The normalized spacial score (nSPS) is 11.9. The molecule has 1 aromatic rings. The number of halogens is 1. The van der Waals surface area contributed by atoms with E-state index in [4.69, 9.17) is 22.4 Å². The Kier molecular flexibility index (Phi) is 5.57. The maximum atomic E-state index is 12.0. The van der Waals surface area contributed by atoms with Gasteiger partial charge in [0.05, 0.1) is 5.02 Å². The van der Waals surface area contributed by atoms with Crippen LogP contribution in [0.4, 0.5) is 0 Å². The molecule has 0 fully saturated rings. The minimum Gasteiger partial charge on any atom is -0.480 e. The van der Waals surface area contributed by atoms with Gasteiger partial charge in [-0.3, -0.25) is 9.59 Å². The van der Waals surface area contributed by atoms with Gasteiger partial charge < -0.3 is 20.7 Å². The van der Waals surface area contributed by atoms with E-state index in [1.54, 1.807) is 10.8 Å². The summed E-state index contributed by atoms with van der Waals surface area (Å²) >= 11 is 5.81. The number of amides is 2. The van der Waals surface area contributed by atoms with Crippen LogP contribution in [-0.4, -0.2) is 33.5 Å². The number of hydrogen-bond acceptors (Lipinski definition) is 3. The van der Waals surface area contributed by atoms with Crippen molar-refractivity contribution in [1.29, 1.82) is 0 Å². The summed E-state index contributed by atoms with van der Waals surface area (Å²) in [4.78, 5) is 33.7. The topological polar surface area (TPSA) is 114 Å². The Morgan fingerprint density at radius 2 is 2.15 bits per heavy atom. The number of nitrogens with zero attached hydrogens (tertiary/aromatic N) is 1. The van der Waals surface area contributed by atoms with Crippen molar-refractivity contribution in [1.82, 2.24) is 9.88 Å². The number of carbonyl (C=O) groups excluding carboxylic acids is 2. The first-order valence-corrected chi connectivity index (χ1v) is 6.40. The van der Waals surface area contributed by atoms with E-state index in [1.165, 1.54) is 6.07 Å². The van der Waals surface area contributed by atoms with Crippen molar-refractivity contribution in [3.8, 4) is 0 Å². The van der Waals surface area contributed by atoms with Crippen molar-refractivity contribution in [3.05, 3.63) is 23.0 Å². The van der Waals surface area contributed by atoms with E-state index >= 15 is 0 Å². The minimum absolute atomic E-state index is 0.0586. The van der Waals surface area contributed by atoms with Crippen LogP contribution < -0.4 is 11.1 Å². The van der Waals surface area contributed by atoms with E-state index in [9.17, 15) is 14.4 Å². The number of hydrogen-bond donors (Lipinski definition) is 3. The van der Waals surface area contributed by atoms with Gasteiger partial charge in [-0.15, -0.1) is 0 Å². The molecule has 0 aliphatic rings. The van der Waals surface area contributed by atoms with E-state index in [1.807, 2.05) is 6.92 Å². The molecular weight excluding hydrogens is 286 g/mol. The molecule has 0 saturated heterocycles. The van der Waals surface area contributed by atoms with E-state index in [-0.39, 0.29) is 18.5 Å². The third-order valence-corrected chi connectivity index (χ3v) is 2.93. The average molecular weight is 302 g/mol. The van der Waals surface area contributed by atoms with Crippen LogP contribution in [0.25, 0.3) is 0 Å². The molecule has 0 saturated carbocycles. The molecular formula is C12H16ClN3O4. The van der Waals surface area contributed by atoms with Gasteiger partial charge in [-0.05, 0) is 19.4 Å². The second-order valence-electron chi connectivity index (χ2n) is 4.20. The zero-order valence-corrected chi connectivity index (χ0v) is 11.7. The summed E-state index contributed by atoms with van der Waals surface area (Å²) in [5.41, 5.74) is 5.23. The molecule has 1 atom stereocenters. The summed E-state index contributed by atoms with van der Waals surface area (Å²) in [5.74, 6) is -2.40. The summed E-state index contributed by atoms with van der Waals surface area (Å²) in [5, 5.41) is 11.8. The second-order valence-corrected chi connectivity index (χ2v) is 4.64. The van der Waals surface area contributed by atoms with Gasteiger partial charge in [-0.25, -0.2) is 4.79 Å². The lowest BCUT2D eigenvalue weighted by atomic mass is 10.1. The Hall–Kier alpha value is -2.02. The number of carboxylic acid groups (broad SMARTS) is 1. The zero-order valence-electron chi connectivity index (χ0n) is 10.9. The van der Waals surface area contributed by atoms with Crippen molar-refractivity contribution in [2.75, 3.05) is 0 Å². The highest BCUT2D eigenvalue weighted by molar-refractivity contribution is 6.31. The van der Waals surface area contributed by atoms with Crippen LogP contribution in [0.2, 0.25) is 5.02 Å². The quantitative estimate of drug-likeness (QED) is 0.684. The number of primary amides is 1. The molecule has 0 aromatic carbocycles. The van der Waals surface area contributed by atoms with Crippen LogP contribution in [0, 0.1) is 0 Å². The lowest BCUT2D eigenvalue weighted by Crippen LogP contribution is -2.42. The van der Waals surface area contributed by atoms with Crippen LogP contribution in [-0.2, 0) is 16.1 Å². The van der Waals surface area contributed by atoms with Crippen LogP contribution >= 0.6 is 11.6 Å². The highest BCUT2D eigenvalue weighted by atomic mass is 35.5. The molecule has 0 radical (unpaired) electrons. The molecule has 20 heavy (non-hydrogen) atoms. The van der Waals surface area contributed by atoms with Gasteiger partial charge in [-0.1, -0.05) is 11.6 Å². The van der Waals surface area contributed by atoms with Gasteiger partial charge >= 0.3 is 5.97 Å². The smallest absolute Gasteiger partial charge is 0.326 e. The Balaban J connectivity index is 2.79. The molecule has 0 aliphatic heterocycles. The maximum absolute atomic E-state index is 12.0. The molecule has 0 bridgehead atoms. The third kappa shape index (κ3) is 4.27. The molecule has 1 aromatic heterocycles. The largest absolute Gasteiger partial charge is 0.480 e. The molecule has 8 heteroatoms. The third-order valence-electron chi connectivity index (χ3n) is 2.72. The van der Waals surface area contributed by atoms with Crippen molar-refractivity contribution in [2.45, 2.75) is 32.4 Å². The molecule has 0 unspecified atom stereocenters. The minimum atomic E-state index is -1.22. The zero-order chi connectivity index (χ0) is 15.3. The fourth-order valence-corrected chi connectivity index (χ4v) is 1.92. The van der Waals surface area contributed by atoms with Crippen molar-refractivity contribution >= 4 is 29.4 Å². The standard InChI is InChI=1S/C12H16ClN3O4/c1-2-16-6-7(13)5-9(16)11(18)15-8(12(19)20)3-4-10(14)17/h5-6,8H,2-4H2,1H3,(H2,14,17)(H,15,18)(H,19,20)/t8-/m0/s1. The molecule has 4 N–H and O–H groups in total. The number of aliphatic carboxylic acids is 1. The number of carbonyl (C=O) groups is 3. The Labute approximate surface area is 120 Å². The van der Waals surface area contributed by atoms with Gasteiger partial charge in [0.1, 0.15) is 11.7 Å². The first kappa shape index (κ1) is 16.0. The van der Waals surface area contributed by atoms with E-state index < -0.39 is 23.8 Å². The SMILES string of the molecule is CCn1cc(Cl)cc1C(=O)N[C@@H](CCC(N)=O)C(=O)O. The molecule has 0 spiro atoms. The van der Waals surface area contributed by atoms with Crippen molar-refractivity contribution in [3.63, 3.8) is 0 Å². The first-order chi connectivity index (χ1) is 9.35. The van der Waals surface area contributed by atoms with Gasteiger partial charge in [-0.2, -0.15) is 0 Å². The molecule has 110 valence electrons. The summed E-state index contributed by atoms with van der Waals surface area (Å²) in [6, 6.07) is 0.280. The van der Waals surface area contributed by atoms with Gasteiger partial charge in [0.25, 0.3) is 5.91 Å². The molecule has 1 heterocycles. The Bertz CT molecular complexity index is 527. The van der Waals surface area contributed by atoms with E-state index in [2.05, 4.69) is 5.32 Å². The number of nitrogens with two attached hydrogens (primary N) is 1. The average Bonchev–Trinajstić information content (AvgIpc) is 2.74. The monoisotopic (exact) mass is 301 g/mol. The predicted molar refractivity (Wildman–Crippen MR) is 72.4 cm³/mol. The lowest BCUT2D eigenvalue weighted by Gasteiger charge is -2.14. The van der Waals surface area contributed by atoms with Crippen molar-refractivity contribution in [2.24, 2.45) is 5.73 Å². The summed E-state index contributed by atoms with van der Waals surface area (Å²) in [7, 11) is 0. The van der Waals surface area contributed by atoms with Crippen LogP contribution in [0.15, 0.2) is 12.3 Å². The van der Waals surface area contributed by atoms with E-state index in [0.717, 1.165) is 0 Å². The van der Waals surface area contributed by atoms with Gasteiger partial charge in [0.2, 0.25) is 5.91 Å². The number of aromatic nitrogens is 1. The highest BCUT2D eigenvalue weighted by Gasteiger charge is 2.22. The second kappa shape index (κ2) is 6.95. The van der Waals surface area contributed by atoms with Crippen molar-refractivity contribution < 1.29 is 19.5 Å². The summed E-state index contributed by atoms with van der Waals surface area (Å²) in [6.07, 6.45) is 1.40. The summed E-state index contributed by atoms with van der Waals surface area (Å²) in [6.45, 7) is 2.35. The number of rotatable bonds is 7. The number of nitrogens with one attached hydrogen (secondary N) is 1.